The summed E-state index contributed by atoms with van der Waals surface area (Å²) in [5, 5.41) is 11.5. The second-order valence-corrected chi connectivity index (χ2v) is 9.25. The van der Waals surface area contributed by atoms with E-state index in [1.807, 2.05) is 0 Å². The molecule has 0 unspecified atom stereocenters. The van der Waals surface area contributed by atoms with Gasteiger partial charge in [-0.25, -0.2) is 4.98 Å². The Balaban J connectivity index is 1.69. The Bertz CT molecular complexity index is 1420. The zero-order valence-corrected chi connectivity index (χ0v) is 20.5. The Morgan fingerprint density at radius 1 is 1.11 bits per heavy atom. The van der Waals surface area contributed by atoms with Crippen LogP contribution in [-0.4, -0.2) is 47.9 Å². The highest BCUT2D eigenvalue weighted by atomic mass is 32.1. The van der Waals surface area contributed by atoms with E-state index in [0.29, 0.717) is 52.2 Å². The molecule has 184 valence electrons. The van der Waals surface area contributed by atoms with Gasteiger partial charge >= 0.3 is 5.91 Å². The Morgan fingerprint density at radius 3 is 2.44 bits per heavy atom. The molecule has 1 atom stereocenters. The molecule has 0 bridgehead atoms. The third kappa shape index (κ3) is 3.89. The van der Waals surface area contributed by atoms with Crippen molar-refractivity contribution in [3.8, 4) is 17.2 Å². The van der Waals surface area contributed by atoms with Crippen molar-refractivity contribution in [1.82, 2.24) is 4.98 Å². The van der Waals surface area contributed by atoms with Crippen LogP contribution in [0.5, 0.6) is 17.2 Å². The Kier molecular flexibility index (Phi) is 5.97. The van der Waals surface area contributed by atoms with Crippen molar-refractivity contribution < 1.29 is 33.7 Å². The van der Waals surface area contributed by atoms with Crippen LogP contribution in [0.25, 0.3) is 5.76 Å². The number of rotatable bonds is 5. The van der Waals surface area contributed by atoms with Crippen LogP contribution in [0, 0.1) is 6.92 Å². The van der Waals surface area contributed by atoms with E-state index in [9.17, 15) is 19.5 Å². The van der Waals surface area contributed by atoms with Crippen molar-refractivity contribution in [3.05, 3.63) is 69.7 Å². The van der Waals surface area contributed by atoms with Gasteiger partial charge in [-0.3, -0.25) is 19.3 Å². The summed E-state index contributed by atoms with van der Waals surface area (Å²) in [7, 11) is 1.53. The topological polar surface area (TPSA) is 115 Å². The van der Waals surface area contributed by atoms with Gasteiger partial charge in [-0.05, 0) is 42.8 Å². The number of hydrogen-bond donors (Lipinski definition) is 1. The number of aliphatic hydroxyl groups excluding tert-OH is 1. The fourth-order valence-corrected chi connectivity index (χ4v) is 5.28. The molecule has 1 fully saturated rings. The number of Topliss-reactive ketones (excluding diaryl/α,β-unsaturated/α-hetero) is 2. The molecule has 2 aliphatic rings. The Morgan fingerprint density at radius 2 is 1.81 bits per heavy atom. The van der Waals surface area contributed by atoms with Crippen molar-refractivity contribution in [1.29, 1.82) is 0 Å². The van der Waals surface area contributed by atoms with Gasteiger partial charge in [0.2, 0.25) is 0 Å². The molecule has 9 nitrogen and oxygen atoms in total. The zero-order valence-electron chi connectivity index (χ0n) is 19.7. The van der Waals surface area contributed by atoms with E-state index in [0.717, 1.165) is 11.3 Å². The van der Waals surface area contributed by atoms with Crippen LogP contribution in [0.15, 0.2) is 48.0 Å². The number of carbonyl (C=O) groups is 3. The van der Waals surface area contributed by atoms with Gasteiger partial charge < -0.3 is 19.3 Å². The van der Waals surface area contributed by atoms with Gasteiger partial charge in [-0.2, -0.15) is 0 Å². The molecule has 5 rings (SSSR count). The first-order valence-corrected chi connectivity index (χ1v) is 11.9. The summed E-state index contributed by atoms with van der Waals surface area (Å²) in [6.07, 6.45) is 0. The number of aryl methyl sites for hydroxylation is 1. The minimum absolute atomic E-state index is 0.0981. The smallest absolute Gasteiger partial charge is 0.301 e. The molecule has 1 saturated heterocycles. The van der Waals surface area contributed by atoms with Gasteiger partial charge in [0.1, 0.15) is 24.7 Å². The van der Waals surface area contributed by atoms with Crippen molar-refractivity contribution in [2.45, 2.75) is 19.9 Å². The van der Waals surface area contributed by atoms with Crippen LogP contribution >= 0.6 is 11.3 Å². The van der Waals surface area contributed by atoms with Crippen LogP contribution < -0.4 is 19.1 Å². The van der Waals surface area contributed by atoms with E-state index in [4.69, 9.17) is 14.2 Å². The molecule has 36 heavy (non-hydrogen) atoms. The fraction of sp³-hybridized carbons (Fsp3) is 0.231. The minimum Gasteiger partial charge on any atom is -0.507 e. The van der Waals surface area contributed by atoms with Crippen molar-refractivity contribution in [3.63, 3.8) is 0 Å². The summed E-state index contributed by atoms with van der Waals surface area (Å²) >= 11 is 1.03. The van der Waals surface area contributed by atoms with E-state index < -0.39 is 17.7 Å². The lowest BCUT2D eigenvalue weighted by atomic mass is 9.95. The normalized spacial score (nSPS) is 18.4. The first kappa shape index (κ1) is 23.6. The van der Waals surface area contributed by atoms with E-state index in [1.165, 1.54) is 18.9 Å². The number of aliphatic hydroxyl groups is 1. The number of fused-ring (bicyclic) bond motifs is 1. The van der Waals surface area contributed by atoms with Gasteiger partial charge in [0.25, 0.3) is 5.78 Å². The summed E-state index contributed by atoms with van der Waals surface area (Å²) in [5.41, 5.74) is 1.23. The van der Waals surface area contributed by atoms with E-state index in [-0.39, 0.29) is 22.2 Å². The standard InChI is InChI=1S/C26H22N2O7S/c1-13-24(14(2)29)36-26(27-13)28-21(15-4-7-17(33-3)8-5-15)20(23(31)25(28)32)22(30)16-6-9-18-19(12-16)35-11-10-34-18/h4-9,12,21,30H,10-11H2,1-3H3/b22-20+/t21-/m0/s1. The number of thiazole rings is 1. The van der Waals surface area contributed by atoms with Crippen molar-refractivity contribution >= 4 is 39.7 Å². The first-order chi connectivity index (χ1) is 17.3. The van der Waals surface area contributed by atoms with Gasteiger partial charge in [-0.15, -0.1) is 0 Å². The van der Waals surface area contributed by atoms with E-state index in [2.05, 4.69) is 4.98 Å². The molecule has 2 aromatic carbocycles. The third-order valence-corrected chi connectivity index (χ3v) is 7.26. The summed E-state index contributed by atoms with van der Waals surface area (Å²) in [5.74, 6) is -0.702. The molecule has 0 spiro atoms. The number of hydrogen-bond acceptors (Lipinski definition) is 9. The largest absolute Gasteiger partial charge is 0.507 e. The number of amides is 1. The van der Waals surface area contributed by atoms with Gasteiger partial charge in [-0.1, -0.05) is 23.5 Å². The van der Waals surface area contributed by atoms with Gasteiger partial charge in [0, 0.05) is 12.5 Å². The highest BCUT2D eigenvalue weighted by Gasteiger charge is 2.48. The van der Waals surface area contributed by atoms with Crippen LogP contribution in [0.1, 0.15) is 39.5 Å². The number of methoxy groups -OCH3 is 1. The first-order valence-electron chi connectivity index (χ1n) is 11.1. The number of benzene rings is 2. The highest BCUT2D eigenvalue weighted by molar-refractivity contribution is 7.18. The summed E-state index contributed by atoms with van der Waals surface area (Å²) < 4.78 is 16.4. The minimum atomic E-state index is -0.977. The number of ketones is 2. The molecule has 0 radical (unpaired) electrons. The van der Waals surface area contributed by atoms with Crippen molar-refractivity contribution in [2.75, 3.05) is 25.2 Å². The number of anilines is 1. The molecular formula is C26H22N2O7S. The Labute approximate surface area is 210 Å². The van der Waals surface area contributed by atoms with E-state index in [1.54, 1.807) is 49.4 Å². The zero-order chi connectivity index (χ0) is 25.6. The quantitative estimate of drug-likeness (QED) is 0.238. The molecule has 2 aliphatic heterocycles. The van der Waals surface area contributed by atoms with Crippen LogP contribution in [0.3, 0.4) is 0 Å². The molecule has 1 amide bonds. The lowest BCUT2D eigenvalue weighted by molar-refractivity contribution is -0.132. The molecule has 0 aliphatic carbocycles. The molecule has 1 N–H and O–H groups in total. The van der Waals surface area contributed by atoms with Gasteiger partial charge in [0.15, 0.2) is 22.4 Å². The number of aromatic nitrogens is 1. The summed E-state index contributed by atoms with van der Waals surface area (Å²) in [4.78, 5) is 44.8. The number of carbonyl (C=O) groups excluding carboxylic acids is 3. The summed E-state index contributed by atoms with van der Waals surface area (Å²) in [6.45, 7) is 3.86. The second kappa shape index (κ2) is 9.12. The molecular weight excluding hydrogens is 484 g/mol. The lowest BCUT2D eigenvalue weighted by Gasteiger charge is -2.23. The van der Waals surface area contributed by atoms with Crippen molar-refractivity contribution in [2.24, 2.45) is 0 Å². The fourth-order valence-electron chi connectivity index (χ4n) is 4.29. The van der Waals surface area contributed by atoms with E-state index >= 15 is 0 Å². The average molecular weight is 507 g/mol. The number of ether oxygens (including phenoxy) is 3. The maximum atomic E-state index is 13.3. The molecule has 10 heteroatoms. The molecule has 1 aromatic heterocycles. The monoisotopic (exact) mass is 506 g/mol. The highest BCUT2D eigenvalue weighted by Crippen LogP contribution is 2.45. The molecule has 3 aromatic rings. The lowest BCUT2D eigenvalue weighted by Crippen LogP contribution is -2.29. The average Bonchev–Trinajstić information content (AvgIpc) is 3.40. The molecule has 3 heterocycles. The van der Waals surface area contributed by atoms with Gasteiger partial charge in [0.05, 0.1) is 29.3 Å². The Hall–Kier alpha value is -4.18. The predicted molar refractivity (Wildman–Crippen MR) is 132 cm³/mol. The van der Waals surface area contributed by atoms with Crippen LogP contribution in [-0.2, 0) is 9.59 Å². The maximum Gasteiger partial charge on any atom is 0.301 e. The molecule has 0 saturated carbocycles. The second-order valence-electron chi connectivity index (χ2n) is 8.27. The summed E-state index contributed by atoms with van der Waals surface area (Å²) in [6, 6.07) is 10.7. The predicted octanol–water partition coefficient (Wildman–Crippen LogP) is 4.06. The SMILES string of the molecule is COc1ccc([C@H]2/C(=C(\O)c3ccc4c(c3)OCCO4)C(=O)C(=O)N2c2nc(C)c(C(C)=O)s2)cc1. The maximum absolute atomic E-state index is 13.3. The van der Waals surface area contributed by atoms with Crippen LogP contribution in [0.2, 0.25) is 0 Å². The third-order valence-electron chi connectivity index (χ3n) is 6.00. The number of nitrogens with zero attached hydrogens (tertiary/aromatic N) is 2. The van der Waals surface area contributed by atoms with Crippen LogP contribution in [0.4, 0.5) is 5.13 Å².